The standard InChI is InChI=1S/C13H22N4OS/c1-3-17-6-4-11(5-7-17)16(2)12(18)8-10-9-19-13(14)15-10/h9,11H,3-8H2,1-2H3,(H2,14,15). The largest absolute Gasteiger partial charge is 0.375 e. The number of carbonyl (C=O) groups excluding carboxylic acids is 1. The summed E-state index contributed by atoms with van der Waals surface area (Å²) in [6.45, 7) is 5.45. The molecule has 0 saturated carbocycles. The van der Waals surface area contributed by atoms with E-state index in [4.69, 9.17) is 5.73 Å². The second-order valence-electron chi connectivity index (χ2n) is 5.02. The summed E-state index contributed by atoms with van der Waals surface area (Å²) in [4.78, 5) is 20.7. The molecule has 0 unspecified atom stereocenters. The highest BCUT2D eigenvalue weighted by Crippen LogP contribution is 2.17. The van der Waals surface area contributed by atoms with Crippen molar-refractivity contribution in [2.24, 2.45) is 0 Å². The maximum atomic E-state index is 12.2. The van der Waals surface area contributed by atoms with Crippen LogP contribution in [0.15, 0.2) is 5.38 Å². The molecule has 0 bridgehead atoms. The number of hydrogen-bond acceptors (Lipinski definition) is 5. The predicted octanol–water partition coefficient (Wildman–Crippen LogP) is 1.21. The SMILES string of the molecule is CCN1CCC(N(C)C(=O)Cc2csc(N)n2)CC1. The number of likely N-dealkylation sites (tertiary alicyclic amines) is 1. The number of likely N-dealkylation sites (N-methyl/N-ethyl adjacent to an activating group) is 1. The molecule has 2 rings (SSSR count). The number of nitrogens with zero attached hydrogens (tertiary/aromatic N) is 3. The molecule has 1 aromatic heterocycles. The Labute approximate surface area is 118 Å². The molecule has 1 aliphatic rings. The molecule has 19 heavy (non-hydrogen) atoms. The van der Waals surface area contributed by atoms with Crippen LogP contribution in [0.4, 0.5) is 5.13 Å². The van der Waals surface area contributed by atoms with E-state index in [1.165, 1.54) is 11.3 Å². The number of hydrogen-bond donors (Lipinski definition) is 1. The normalized spacial score (nSPS) is 17.6. The Bertz CT molecular complexity index is 426. The van der Waals surface area contributed by atoms with E-state index in [1.54, 1.807) is 0 Å². The predicted molar refractivity (Wildman–Crippen MR) is 78.1 cm³/mol. The Balaban J connectivity index is 1.85. The molecule has 1 aromatic rings. The van der Waals surface area contributed by atoms with Crippen molar-refractivity contribution in [3.63, 3.8) is 0 Å². The third kappa shape index (κ3) is 3.67. The Morgan fingerprint density at radius 2 is 2.26 bits per heavy atom. The Kier molecular flexibility index (Phi) is 4.76. The van der Waals surface area contributed by atoms with Crippen molar-refractivity contribution < 1.29 is 4.79 Å². The third-order valence-corrected chi connectivity index (χ3v) is 4.57. The van der Waals surface area contributed by atoms with Gasteiger partial charge < -0.3 is 15.5 Å². The van der Waals surface area contributed by atoms with Crippen LogP contribution in [0.5, 0.6) is 0 Å². The fourth-order valence-electron chi connectivity index (χ4n) is 2.51. The summed E-state index contributed by atoms with van der Waals surface area (Å²) in [6, 6.07) is 0.367. The van der Waals surface area contributed by atoms with E-state index in [0.717, 1.165) is 38.2 Å². The molecular formula is C13H22N4OS. The number of anilines is 1. The number of rotatable bonds is 4. The summed E-state index contributed by atoms with van der Waals surface area (Å²) >= 11 is 1.39. The van der Waals surface area contributed by atoms with Crippen LogP contribution >= 0.6 is 11.3 Å². The van der Waals surface area contributed by atoms with Crippen molar-refractivity contribution >= 4 is 22.4 Å². The summed E-state index contributed by atoms with van der Waals surface area (Å²) in [5.41, 5.74) is 6.36. The lowest BCUT2D eigenvalue weighted by Gasteiger charge is -2.36. The van der Waals surface area contributed by atoms with E-state index >= 15 is 0 Å². The molecule has 2 N–H and O–H groups in total. The number of thiazole rings is 1. The highest BCUT2D eigenvalue weighted by Gasteiger charge is 2.24. The first-order chi connectivity index (χ1) is 9.10. The Morgan fingerprint density at radius 3 is 2.79 bits per heavy atom. The first-order valence-electron chi connectivity index (χ1n) is 6.78. The summed E-state index contributed by atoms with van der Waals surface area (Å²) in [5, 5.41) is 2.39. The molecule has 1 amide bonds. The Hall–Kier alpha value is -1.14. The zero-order valence-corrected chi connectivity index (χ0v) is 12.4. The van der Waals surface area contributed by atoms with Crippen molar-refractivity contribution in [1.82, 2.24) is 14.8 Å². The van der Waals surface area contributed by atoms with Gasteiger partial charge in [0.2, 0.25) is 5.91 Å². The minimum atomic E-state index is 0.139. The molecule has 1 aliphatic heterocycles. The summed E-state index contributed by atoms with van der Waals surface area (Å²) < 4.78 is 0. The number of carbonyl (C=O) groups is 1. The fraction of sp³-hybridized carbons (Fsp3) is 0.692. The fourth-order valence-corrected chi connectivity index (χ4v) is 3.07. The number of nitrogen functional groups attached to an aromatic ring is 1. The van der Waals surface area contributed by atoms with Gasteiger partial charge in [0.05, 0.1) is 12.1 Å². The topological polar surface area (TPSA) is 62.5 Å². The molecular weight excluding hydrogens is 260 g/mol. The van der Waals surface area contributed by atoms with Crippen molar-refractivity contribution in [2.75, 3.05) is 32.4 Å². The summed E-state index contributed by atoms with van der Waals surface area (Å²) in [7, 11) is 1.91. The van der Waals surface area contributed by atoms with Crippen LogP contribution < -0.4 is 5.73 Å². The molecule has 0 aromatic carbocycles. The number of piperidine rings is 1. The van der Waals surface area contributed by atoms with Gasteiger partial charge in [-0.3, -0.25) is 4.79 Å². The second kappa shape index (κ2) is 6.34. The van der Waals surface area contributed by atoms with Gasteiger partial charge in [-0.25, -0.2) is 4.98 Å². The highest BCUT2D eigenvalue weighted by atomic mass is 32.1. The van der Waals surface area contributed by atoms with Gasteiger partial charge in [-0.1, -0.05) is 6.92 Å². The first-order valence-corrected chi connectivity index (χ1v) is 7.66. The van der Waals surface area contributed by atoms with Crippen LogP contribution in [0.1, 0.15) is 25.5 Å². The van der Waals surface area contributed by atoms with Crippen LogP contribution in [0.3, 0.4) is 0 Å². The van der Waals surface area contributed by atoms with Crippen molar-refractivity contribution in [3.8, 4) is 0 Å². The number of nitrogens with two attached hydrogens (primary N) is 1. The van der Waals surface area contributed by atoms with E-state index < -0.39 is 0 Å². The zero-order chi connectivity index (χ0) is 13.8. The lowest BCUT2D eigenvalue weighted by molar-refractivity contribution is -0.132. The highest BCUT2D eigenvalue weighted by molar-refractivity contribution is 7.13. The van der Waals surface area contributed by atoms with Gasteiger partial charge >= 0.3 is 0 Å². The number of aromatic nitrogens is 1. The molecule has 106 valence electrons. The van der Waals surface area contributed by atoms with E-state index in [2.05, 4.69) is 16.8 Å². The quantitative estimate of drug-likeness (QED) is 0.901. The zero-order valence-electron chi connectivity index (χ0n) is 11.6. The van der Waals surface area contributed by atoms with Crippen molar-refractivity contribution in [1.29, 1.82) is 0 Å². The summed E-state index contributed by atoms with van der Waals surface area (Å²) in [5.74, 6) is 0.139. The van der Waals surface area contributed by atoms with Gasteiger partial charge in [-0.2, -0.15) is 0 Å². The van der Waals surface area contributed by atoms with Gasteiger partial charge in [-0.05, 0) is 19.4 Å². The van der Waals surface area contributed by atoms with E-state index in [0.29, 0.717) is 17.6 Å². The summed E-state index contributed by atoms with van der Waals surface area (Å²) in [6.07, 6.45) is 2.49. The molecule has 1 fully saturated rings. The van der Waals surface area contributed by atoms with E-state index in [-0.39, 0.29) is 5.91 Å². The van der Waals surface area contributed by atoms with Crippen LogP contribution in [0, 0.1) is 0 Å². The van der Waals surface area contributed by atoms with E-state index in [1.807, 2.05) is 17.3 Å². The van der Waals surface area contributed by atoms with Crippen LogP contribution in [-0.2, 0) is 11.2 Å². The smallest absolute Gasteiger partial charge is 0.228 e. The first kappa shape index (κ1) is 14.3. The minimum Gasteiger partial charge on any atom is -0.375 e. The van der Waals surface area contributed by atoms with Gasteiger partial charge in [-0.15, -0.1) is 11.3 Å². The average molecular weight is 282 g/mol. The van der Waals surface area contributed by atoms with E-state index in [9.17, 15) is 4.79 Å². The van der Waals surface area contributed by atoms with Gasteiger partial charge in [0.25, 0.3) is 0 Å². The van der Waals surface area contributed by atoms with Crippen molar-refractivity contribution in [3.05, 3.63) is 11.1 Å². The van der Waals surface area contributed by atoms with Gasteiger partial charge in [0.15, 0.2) is 5.13 Å². The Morgan fingerprint density at radius 1 is 1.58 bits per heavy atom. The maximum Gasteiger partial charge on any atom is 0.228 e. The third-order valence-electron chi connectivity index (χ3n) is 3.85. The average Bonchev–Trinajstić information content (AvgIpc) is 2.83. The maximum absolute atomic E-state index is 12.2. The van der Waals surface area contributed by atoms with Gasteiger partial charge in [0, 0.05) is 31.6 Å². The van der Waals surface area contributed by atoms with Crippen LogP contribution in [0.25, 0.3) is 0 Å². The molecule has 0 radical (unpaired) electrons. The van der Waals surface area contributed by atoms with Crippen LogP contribution in [0.2, 0.25) is 0 Å². The molecule has 6 heteroatoms. The van der Waals surface area contributed by atoms with Crippen LogP contribution in [-0.4, -0.2) is 53.4 Å². The monoisotopic (exact) mass is 282 g/mol. The number of amides is 1. The molecule has 0 atom stereocenters. The van der Waals surface area contributed by atoms with Gasteiger partial charge in [0.1, 0.15) is 0 Å². The minimum absolute atomic E-state index is 0.139. The molecule has 2 heterocycles. The second-order valence-corrected chi connectivity index (χ2v) is 5.91. The van der Waals surface area contributed by atoms with Crippen molar-refractivity contribution in [2.45, 2.75) is 32.2 Å². The lowest BCUT2D eigenvalue weighted by Crippen LogP contribution is -2.45. The molecule has 1 saturated heterocycles. The molecule has 0 aliphatic carbocycles. The molecule has 5 nitrogen and oxygen atoms in total. The lowest BCUT2D eigenvalue weighted by atomic mass is 10.0. The molecule has 0 spiro atoms.